The molecule has 1 aliphatic heterocycles. The first-order valence-corrected chi connectivity index (χ1v) is 14.5. The van der Waals surface area contributed by atoms with Crippen LogP contribution in [0.25, 0.3) is 11.3 Å². The fraction of sp³-hybridized carbons (Fsp3) is 0.516. The molecular weight excluding hydrogens is 556 g/mol. The average molecular weight is 593 g/mol. The Morgan fingerprint density at radius 3 is 2.42 bits per heavy atom. The highest BCUT2D eigenvalue weighted by molar-refractivity contribution is 6.32. The summed E-state index contributed by atoms with van der Waals surface area (Å²) in [4.78, 5) is 72.8. The second-order valence-electron chi connectivity index (χ2n) is 12.6. The van der Waals surface area contributed by atoms with Crippen molar-refractivity contribution < 1.29 is 38.6 Å². The minimum Gasteiger partial charge on any atom is -0.507 e. The van der Waals surface area contributed by atoms with Gasteiger partial charge in [-0.1, -0.05) is 0 Å². The van der Waals surface area contributed by atoms with Crippen LogP contribution in [-0.2, 0) is 32.1 Å². The Bertz CT molecular complexity index is 1540. The minimum atomic E-state index is -2.75. The van der Waals surface area contributed by atoms with Gasteiger partial charge in [-0.3, -0.25) is 33.8 Å². The third-order valence-electron chi connectivity index (χ3n) is 9.85. The molecule has 12 heteroatoms. The maximum absolute atomic E-state index is 14.0. The lowest BCUT2D eigenvalue weighted by molar-refractivity contribution is -0.181. The number of benzene rings is 1. The Kier molecular flexibility index (Phi) is 7.15. The lowest BCUT2D eigenvalue weighted by atomic mass is 9.52. The van der Waals surface area contributed by atoms with E-state index in [1.807, 2.05) is 12.1 Å². The summed E-state index contributed by atoms with van der Waals surface area (Å²) in [5.74, 6) is -9.40. The van der Waals surface area contributed by atoms with Crippen LogP contribution in [0.4, 0.5) is 0 Å². The predicted octanol–water partition coefficient (Wildman–Crippen LogP) is -0.126. The van der Waals surface area contributed by atoms with Gasteiger partial charge in [0.2, 0.25) is 5.91 Å². The molecule has 2 aromatic rings. The molecule has 43 heavy (non-hydrogen) atoms. The summed E-state index contributed by atoms with van der Waals surface area (Å²) in [5, 5.41) is 22.5. The van der Waals surface area contributed by atoms with Crippen molar-refractivity contribution in [2.24, 2.45) is 29.4 Å². The van der Waals surface area contributed by atoms with Crippen LogP contribution in [0.1, 0.15) is 28.1 Å². The van der Waals surface area contributed by atoms with Crippen LogP contribution in [0, 0.1) is 23.7 Å². The second kappa shape index (κ2) is 10.5. The number of aliphatic hydroxyl groups is 1. The zero-order valence-electron chi connectivity index (χ0n) is 24.4. The average Bonchev–Trinajstić information content (AvgIpc) is 3.40. The minimum absolute atomic E-state index is 0.00813. The van der Waals surface area contributed by atoms with Crippen LogP contribution in [0.15, 0.2) is 28.7 Å². The molecule has 0 spiro atoms. The predicted molar refractivity (Wildman–Crippen MR) is 152 cm³/mol. The number of likely N-dealkylation sites (N-methyl/N-ethyl adjacent to an activating group) is 2. The number of phenols is 1. The molecule has 12 nitrogen and oxygen atoms in total. The third-order valence-corrected chi connectivity index (χ3v) is 9.85. The Hall–Kier alpha value is -3.71. The number of carbonyl (C=O) groups is 5. The summed E-state index contributed by atoms with van der Waals surface area (Å²) in [5.41, 5.74) is 3.69. The van der Waals surface area contributed by atoms with E-state index in [-0.39, 0.29) is 24.2 Å². The monoisotopic (exact) mass is 592 g/mol. The van der Waals surface area contributed by atoms with Crippen molar-refractivity contribution in [2.45, 2.75) is 31.0 Å². The Balaban J connectivity index is 1.37. The largest absolute Gasteiger partial charge is 0.507 e. The molecule has 0 bridgehead atoms. The van der Waals surface area contributed by atoms with Crippen molar-refractivity contribution in [1.29, 1.82) is 0 Å². The van der Waals surface area contributed by atoms with Gasteiger partial charge in [0, 0.05) is 37.7 Å². The number of ketones is 4. The number of hydrogen-bond acceptors (Lipinski definition) is 11. The number of rotatable bonds is 5. The number of phenolic OH excluding ortho intramolecular Hbond substituents is 1. The molecule has 4 N–H and O–H groups in total. The van der Waals surface area contributed by atoms with Gasteiger partial charge in [-0.05, 0) is 69.7 Å². The first-order valence-electron chi connectivity index (χ1n) is 14.5. The van der Waals surface area contributed by atoms with Crippen LogP contribution < -0.4 is 5.73 Å². The van der Waals surface area contributed by atoms with E-state index in [0.717, 1.165) is 31.9 Å². The number of nitrogens with zero attached hydrogens (tertiary/aromatic N) is 3. The topological polar surface area (TPSA) is 175 Å². The molecule has 1 saturated heterocycles. The standard InChI is InChI=1S/C31H36N4O8/c1-33(2)25-19-13-15-12-18-17(21-7-4-16(43-21)14-35-10-8-34(3)9-11-35)5-6-20(36)23(18)26(37)22(15)28(39)31(19,42)29(40)24(27(25)38)30(32)41/h4-7,15,19,22,24-25,36,42H,8-14H2,1-3H3,(H2,32,41)/t15-,19-,22?,24?,25?,31-/m0/s1. The molecule has 0 radical (unpaired) electrons. The molecule has 3 aliphatic carbocycles. The summed E-state index contributed by atoms with van der Waals surface area (Å²) in [6, 6.07) is 5.61. The van der Waals surface area contributed by atoms with E-state index >= 15 is 0 Å². The lowest BCUT2D eigenvalue weighted by Gasteiger charge is -2.52. The van der Waals surface area contributed by atoms with Crippen molar-refractivity contribution in [3.05, 3.63) is 41.2 Å². The molecule has 2 heterocycles. The fourth-order valence-corrected chi connectivity index (χ4v) is 7.67. The van der Waals surface area contributed by atoms with E-state index < -0.39 is 64.4 Å². The molecule has 3 unspecified atom stereocenters. The number of hydrogen-bond donors (Lipinski definition) is 3. The van der Waals surface area contributed by atoms with Crippen LogP contribution in [0.3, 0.4) is 0 Å². The van der Waals surface area contributed by atoms with Gasteiger partial charge < -0.3 is 25.3 Å². The zero-order chi connectivity index (χ0) is 31.0. The van der Waals surface area contributed by atoms with Crippen molar-refractivity contribution in [3.8, 4) is 17.1 Å². The highest BCUT2D eigenvalue weighted by Gasteiger charge is 2.69. The van der Waals surface area contributed by atoms with Gasteiger partial charge in [0.05, 0.1) is 24.1 Å². The normalized spacial score (nSPS) is 31.6. The van der Waals surface area contributed by atoms with Gasteiger partial charge in [0.1, 0.15) is 17.3 Å². The molecule has 228 valence electrons. The van der Waals surface area contributed by atoms with E-state index in [1.54, 1.807) is 20.2 Å². The maximum atomic E-state index is 14.0. The fourth-order valence-electron chi connectivity index (χ4n) is 7.67. The van der Waals surface area contributed by atoms with Gasteiger partial charge in [0.15, 0.2) is 34.7 Å². The summed E-state index contributed by atoms with van der Waals surface area (Å²) < 4.78 is 6.22. The number of piperazine rings is 1. The second-order valence-corrected chi connectivity index (χ2v) is 12.6. The molecular formula is C31H36N4O8. The van der Waals surface area contributed by atoms with Crippen LogP contribution in [-0.4, -0.2) is 113 Å². The van der Waals surface area contributed by atoms with E-state index in [4.69, 9.17) is 10.2 Å². The van der Waals surface area contributed by atoms with Gasteiger partial charge in [-0.25, -0.2) is 0 Å². The van der Waals surface area contributed by atoms with Crippen molar-refractivity contribution in [2.75, 3.05) is 47.3 Å². The molecule has 1 aromatic carbocycles. The highest BCUT2D eigenvalue weighted by atomic mass is 16.3. The summed E-state index contributed by atoms with van der Waals surface area (Å²) in [6.07, 6.45) is 0.163. The molecule has 4 aliphatic rings. The van der Waals surface area contributed by atoms with E-state index in [9.17, 15) is 34.2 Å². The number of amides is 1. The maximum Gasteiger partial charge on any atom is 0.235 e. The highest BCUT2D eigenvalue weighted by Crippen LogP contribution is 2.51. The quantitative estimate of drug-likeness (QED) is 0.395. The van der Waals surface area contributed by atoms with Gasteiger partial charge in [-0.2, -0.15) is 0 Å². The summed E-state index contributed by atoms with van der Waals surface area (Å²) >= 11 is 0. The first-order chi connectivity index (χ1) is 20.3. The number of nitrogens with two attached hydrogens (primary N) is 1. The van der Waals surface area contributed by atoms with Gasteiger partial charge in [0.25, 0.3) is 0 Å². The summed E-state index contributed by atoms with van der Waals surface area (Å²) in [7, 11) is 5.20. The lowest BCUT2D eigenvalue weighted by Crippen LogP contribution is -2.74. The van der Waals surface area contributed by atoms with Crippen LogP contribution in [0.5, 0.6) is 5.75 Å². The Morgan fingerprint density at radius 2 is 1.77 bits per heavy atom. The van der Waals surface area contributed by atoms with Crippen molar-refractivity contribution in [1.82, 2.24) is 14.7 Å². The number of carbonyl (C=O) groups excluding carboxylic acids is 5. The number of aromatic hydroxyl groups is 1. The molecule has 6 atom stereocenters. The molecule has 3 fully saturated rings. The smallest absolute Gasteiger partial charge is 0.235 e. The number of Topliss-reactive ketones (excluding diaryl/α,β-unsaturated/α-hetero) is 4. The van der Waals surface area contributed by atoms with Crippen LogP contribution in [0.2, 0.25) is 0 Å². The SMILES string of the molecule is CN1CCN(Cc2ccc(-c3ccc(O)c4c3C[C@H]3C[C@H]5C(N(C)C)C(=O)C(C(N)=O)C(=O)[C@@]5(O)C(=O)C3C4=O)o2)CC1. The zero-order valence-corrected chi connectivity index (χ0v) is 24.4. The molecule has 2 saturated carbocycles. The Morgan fingerprint density at radius 1 is 1.07 bits per heavy atom. The molecule has 1 amide bonds. The van der Waals surface area contributed by atoms with Crippen molar-refractivity contribution >= 4 is 29.0 Å². The third kappa shape index (κ3) is 4.46. The van der Waals surface area contributed by atoms with E-state index in [2.05, 4.69) is 16.8 Å². The van der Waals surface area contributed by atoms with E-state index in [1.165, 1.54) is 11.0 Å². The number of furan rings is 1. The molecule has 1 aromatic heterocycles. The van der Waals surface area contributed by atoms with Crippen LogP contribution >= 0.6 is 0 Å². The molecule has 6 rings (SSSR count). The summed E-state index contributed by atoms with van der Waals surface area (Å²) in [6.45, 7) is 4.40. The number of primary amides is 1. The van der Waals surface area contributed by atoms with Gasteiger partial charge >= 0.3 is 0 Å². The van der Waals surface area contributed by atoms with Gasteiger partial charge in [-0.15, -0.1) is 0 Å². The Labute approximate surface area is 248 Å². The first kappa shape index (κ1) is 29.4. The number of fused-ring (bicyclic) bond motifs is 3. The van der Waals surface area contributed by atoms with E-state index in [0.29, 0.717) is 23.4 Å². The van der Waals surface area contributed by atoms with Crippen molar-refractivity contribution in [3.63, 3.8) is 0 Å².